The van der Waals surface area contributed by atoms with E-state index in [4.69, 9.17) is 37.8 Å². The highest BCUT2D eigenvalue weighted by molar-refractivity contribution is 6.32. The minimum atomic E-state index is -4.45. The molecule has 182 valence electrons. The normalized spacial score (nSPS) is 10.9. The zero-order valence-corrected chi connectivity index (χ0v) is 20.0. The third-order valence-electron chi connectivity index (χ3n) is 4.56. The lowest BCUT2D eigenvalue weighted by molar-refractivity contribution is -0.137. The number of nitrogens with zero attached hydrogens (tertiary/aromatic N) is 2. The van der Waals surface area contributed by atoms with E-state index >= 15 is 0 Å². The average Bonchev–Trinajstić information content (AvgIpc) is 2.76. The van der Waals surface area contributed by atoms with Crippen LogP contribution in [-0.4, -0.2) is 21.0 Å². The molecule has 0 unspecified atom stereocenters. The third kappa shape index (κ3) is 8.50. The van der Waals surface area contributed by atoms with Crippen molar-refractivity contribution in [1.29, 1.82) is 0 Å². The number of carboxylic acids is 1. The average molecular weight is 515 g/mol. The summed E-state index contributed by atoms with van der Waals surface area (Å²) in [5.74, 6) is -0.172. The molecule has 5 nitrogen and oxygen atoms in total. The lowest BCUT2D eigenvalue weighted by Crippen LogP contribution is -2.04. The first-order chi connectivity index (χ1) is 16.0. The Labute approximate surface area is 205 Å². The summed E-state index contributed by atoms with van der Waals surface area (Å²) in [6, 6.07) is 10.4. The lowest BCUT2D eigenvalue weighted by atomic mass is 10.1. The van der Waals surface area contributed by atoms with Crippen LogP contribution in [0.3, 0.4) is 0 Å². The lowest BCUT2D eigenvalue weighted by Gasteiger charge is -2.11. The van der Waals surface area contributed by atoms with Crippen molar-refractivity contribution >= 4 is 29.2 Å². The number of hydrogen-bond acceptors (Lipinski definition) is 4. The molecule has 0 saturated carbocycles. The molecule has 0 spiro atoms. The number of rotatable bonds is 7. The van der Waals surface area contributed by atoms with E-state index in [0.29, 0.717) is 10.8 Å². The molecular weight excluding hydrogens is 492 g/mol. The molecule has 0 aliphatic carbocycles. The predicted molar refractivity (Wildman–Crippen MR) is 125 cm³/mol. The van der Waals surface area contributed by atoms with Gasteiger partial charge in [-0.2, -0.15) is 13.2 Å². The fourth-order valence-corrected chi connectivity index (χ4v) is 3.48. The maximum atomic E-state index is 12.7. The first-order valence-corrected chi connectivity index (χ1v) is 11.1. The molecule has 0 aliphatic rings. The first-order valence-electron chi connectivity index (χ1n) is 10.3. The number of carboxylic acid groups (broad SMARTS) is 1. The van der Waals surface area contributed by atoms with E-state index in [1.807, 2.05) is 19.1 Å². The van der Waals surface area contributed by atoms with Gasteiger partial charge in [-0.1, -0.05) is 42.3 Å². The van der Waals surface area contributed by atoms with E-state index < -0.39 is 17.7 Å². The molecule has 3 rings (SSSR count). The fraction of sp³-hybridized carbons (Fsp3) is 0.292. The van der Waals surface area contributed by atoms with Crippen LogP contribution < -0.4 is 4.74 Å². The van der Waals surface area contributed by atoms with Crippen LogP contribution in [0, 0.1) is 0 Å². The molecule has 0 amide bonds. The zero-order valence-electron chi connectivity index (χ0n) is 18.5. The molecule has 0 atom stereocenters. The monoisotopic (exact) mass is 514 g/mol. The Kier molecular flexibility index (Phi) is 10.1. The summed E-state index contributed by atoms with van der Waals surface area (Å²) < 4.78 is 43.8. The van der Waals surface area contributed by atoms with Gasteiger partial charge in [-0.15, -0.1) is 0 Å². The minimum absolute atomic E-state index is 0.0953. The van der Waals surface area contributed by atoms with E-state index in [9.17, 15) is 13.2 Å². The Morgan fingerprint density at radius 1 is 1.03 bits per heavy atom. The number of halogens is 5. The molecule has 34 heavy (non-hydrogen) atoms. The number of aryl methyl sites for hydroxylation is 3. The number of aromatic nitrogens is 2. The van der Waals surface area contributed by atoms with Gasteiger partial charge in [0.05, 0.1) is 27.0 Å². The maximum Gasteiger partial charge on any atom is 0.416 e. The summed E-state index contributed by atoms with van der Waals surface area (Å²) in [4.78, 5) is 17.4. The molecule has 0 fully saturated rings. The van der Waals surface area contributed by atoms with Crippen molar-refractivity contribution in [1.82, 2.24) is 9.97 Å². The Balaban J connectivity index is 0.000000945. The van der Waals surface area contributed by atoms with Gasteiger partial charge in [0.25, 0.3) is 5.97 Å². The minimum Gasteiger partial charge on any atom is -0.481 e. The molecule has 0 radical (unpaired) electrons. The van der Waals surface area contributed by atoms with Gasteiger partial charge in [0.15, 0.2) is 0 Å². The SMILES string of the molecule is CC(=O)O.CCc1ncnc(CCCc2ccc(Oc3ccc(C(F)(F)F)cc3Cl)cc2)c1Cl. The predicted octanol–water partition coefficient (Wildman–Crippen LogP) is 7.42. The van der Waals surface area contributed by atoms with Crippen LogP contribution in [0.4, 0.5) is 13.2 Å². The number of hydrogen-bond donors (Lipinski definition) is 1. The molecule has 0 bridgehead atoms. The van der Waals surface area contributed by atoms with Crippen molar-refractivity contribution in [2.45, 2.75) is 45.7 Å². The Morgan fingerprint density at radius 2 is 1.65 bits per heavy atom. The number of aliphatic carboxylic acids is 1. The van der Waals surface area contributed by atoms with Crippen LogP contribution >= 0.6 is 23.2 Å². The Morgan fingerprint density at radius 3 is 2.21 bits per heavy atom. The van der Waals surface area contributed by atoms with Gasteiger partial charge >= 0.3 is 6.18 Å². The van der Waals surface area contributed by atoms with Crippen LogP contribution in [0.2, 0.25) is 10.0 Å². The molecule has 10 heteroatoms. The highest BCUT2D eigenvalue weighted by Gasteiger charge is 2.31. The quantitative estimate of drug-likeness (QED) is 0.355. The van der Waals surface area contributed by atoms with Crippen LogP contribution in [0.25, 0.3) is 0 Å². The highest BCUT2D eigenvalue weighted by atomic mass is 35.5. The summed E-state index contributed by atoms with van der Waals surface area (Å²) in [5.41, 5.74) is 1.98. The molecule has 1 N–H and O–H groups in total. The maximum absolute atomic E-state index is 12.7. The van der Waals surface area contributed by atoms with Crippen molar-refractivity contribution in [3.05, 3.63) is 81.4 Å². The highest BCUT2D eigenvalue weighted by Crippen LogP contribution is 2.36. The van der Waals surface area contributed by atoms with Crippen molar-refractivity contribution in [2.24, 2.45) is 0 Å². The summed E-state index contributed by atoms with van der Waals surface area (Å²) in [6.07, 6.45) is 0.289. The summed E-state index contributed by atoms with van der Waals surface area (Å²) in [6.45, 7) is 3.08. The topological polar surface area (TPSA) is 72.3 Å². The van der Waals surface area contributed by atoms with Gasteiger partial charge in [0.1, 0.15) is 17.8 Å². The smallest absolute Gasteiger partial charge is 0.416 e. The number of alkyl halides is 3. The summed E-state index contributed by atoms with van der Waals surface area (Å²) >= 11 is 12.3. The van der Waals surface area contributed by atoms with Crippen LogP contribution in [0.15, 0.2) is 48.8 Å². The molecule has 1 aromatic heterocycles. The van der Waals surface area contributed by atoms with Crippen LogP contribution in [0.5, 0.6) is 11.5 Å². The number of ether oxygens (including phenoxy) is 1. The second kappa shape index (κ2) is 12.6. The van der Waals surface area contributed by atoms with Crippen molar-refractivity contribution in [3.8, 4) is 11.5 Å². The van der Waals surface area contributed by atoms with Crippen molar-refractivity contribution in [2.75, 3.05) is 0 Å². The van der Waals surface area contributed by atoms with Crippen LogP contribution in [0.1, 0.15) is 42.8 Å². The Hall–Kier alpha value is -2.84. The molecule has 3 aromatic rings. The molecule has 2 aromatic carbocycles. The Bertz CT molecular complexity index is 1100. The van der Waals surface area contributed by atoms with Crippen molar-refractivity contribution in [3.63, 3.8) is 0 Å². The second-order valence-electron chi connectivity index (χ2n) is 7.20. The molecular formula is C24H23Cl2F3N2O3. The first kappa shape index (κ1) is 27.4. The van der Waals surface area contributed by atoms with Gasteiger partial charge in [0.2, 0.25) is 0 Å². The third-order valence-corrected chi connectivity index (χ3v) is 5.29. The second-order valence-corrected chi connectivity index (χ2v) is 7.98. The van der Waals surface area contributed by atoms with Gasteiger partial charge in [-0.25, -0.2) is 9.97 Å². The van der Waals surface area contributed by atoms with E-state index in [2.05, 4.69) is 9.97 Å². The largest absolute Gasteiger partial charge is 0.481 e. The van der Waals surface area contributed by atoms with E-state index in [1.54, 1.807) is 18.5 Å². The molecule has 0 aliphatic heterocycles. The number of benzene rings is 2. The van der Waals surface area contributed by atoms with Gasteiger partial charge in [-0.3, -0.25) is 4.79 Å². The van der Waals surface area contributed by atoms with Crippen LogP contribution in [-0.2, 0) is 30.2 Å². The van der Waals surface area contributed by atoms with Crippen molar-refractivity contribution < 1.29 is 27.8 Å². The van der Waals surface area contributed by atoms with E-state index in [0.717, 1.165) is 61.7 Å². The number of carbonyl (C=O) groups is 1. The van der Waals surface area contributed by atoms with Gasteiger partial charge in [-0.05, 0) is 61.6 Å². The standard InChI is InChI=1S/C22H19Cl2F3N2O.C2H4O2/c1-2-18-21(24)19(29-13-28-18)5-3-4-14-6-9-16(10-7-14)30-20-11-8-15(12-17(20)23)22(25,26)27;1-2(3)4/h6-13H,2-5H2,1H3;1H3,(H,3,4). The fourth-order valence-electron chi connectivity index (χ4n) is 2.94. The molecule has 1 heterocycles. The van der Waals surface area contributed by atoms with E-state index in [-0.39, 0.29) is 10.8 Å². The van der Waals surface area contributed by atoms with Gasteiger partial charge < -0.3 is 9.84 Å². The van der Waals surface area contributed by atoms with E-state index in [1.165, 1.54) is 6.07 Å². The summed E-state index contributed by atoms with van der Waals surface area (Å²) in [7, 11) is 0. The zero-order chi connectivity index (χ0) is 25.3. The molecule has 0 saturated heterocycles. The summed E-state index contributed by atoms with van der Waals surface area (Å²) in [5, 5.41) is 7.96. The van der Waals surface area contributed by atoms with Gasteiger partial charge in [0, 0.05) is 6.92 Å².